The molecule has 0 spiro atoms. The summed E-state index contributed by atoms with van der Waals surface area (Å²) in [5.74, 6) is -0.173. The van der Waals surface area contributed by atoms with Crippen molar-refractivity contribution < 1.29 is 4.39 Å². The molecule has 0 bridgehead atoms. The third kappa shape index (κ3) is 2.61. The molecule has 0 aliphatic carbocycles. The number of halogens is 1. The van der Waals surface area contributed by atoms with Crippen molar-refractivity contribution in [1.82, 2.24) is 5.01 Å². The van der Waals surface area contributed by atoms with Gasteiger partial charge in [0.05, 0.1) is 12.2 Å². The van der Waals surface area contributed by atoms with Crippen LogP contribution in [0.5, 0.6) is 0 Å². The minimum Gasteiger partial charge on any atom is -0.289 e. The van der Waals surface area contributed by atoms with Gasteiger partial charge in [0.1, 0.15) is 5.82 Å². The second-order valence-electron chi connectivity index (χ2n) is 6.41. The van der Waals surface area contributed by atoms with Gasteiger partial charge in [-0.3, -0.25) is 10.0 Å². The molecule has 0 N–H and O–H groups in total. The van der Waals surface area contributed by atoms with E-state index in [-0.39, 0.29) is 5.82 Å². The van der Waals surface area contributed by atoms with Crippen LogP contribution >= 0.6 is 0 Å². The lowest BCUT2D eigenvalue weighted by atomic mass is 10.00. The number of benzene rings is 2. The predicted octanol–water partition coefficient (Wildman–Crippen LogP) is 4.77. The van der Waals surface area contributed by atoms with Crippen LogP contribution < -0.4 is 5.01 Å². The van der Waals surface area contributed by atoms with Crippen LogP contribution in [-0.2, 0) is 0 Å². The monoisotopic (exact) mass is 308 g/mol. The Morgan fingerprint density at radius 3 is 2.57 bits per heavy atom. The summed E-state index contributed by atoms with van der Waals surface area (Å²) in [5, 5.41) is 4.80. The first kappa shape index (κ1) is 14.3. The minimum absolute atomic E-state index is 0.173. The average molecular weight is 308 g/mol. The summed E-state index contributed by atoms with van der Waals surface area (Å²) in [6, 6.07) is 15.6. The summed E-state index contributed by atoms with van der Waals surface area (Å²) in [6.07, 6.45) is 3.57. The third-order valence-corrected chi connectivity index (χ3v) is 4.79. The van der Waals surface area contributed by atoms with Gasteiger partial charge in [-0.1, -0.05) is 24.3 Å². The number of nitrogens with zero attached hydrogens (tertiary/aromatic N) is 2. The van der Waals surface area contributed by atoms with Crippen molar-refractivity contribution in [3.05, 3.63) is 71.2 Å². The van der Waals surface area contributed by atoms with E-state index in [1.807, 2.05) is 12.1 Å². The highest BCUT2D eigenvalue weighted by Crippen LogP contribution is 2.39. The lowest BCUT2D eigenvalue weighted by molar-refractivity contribution is 0.294. The van der Waals surface area contributed by atoms with E-state index in [2.05, 4.69) is 41.2 Å². The van der Waals surface area contributed by atoms with E-state index in [1.54, 1.807) is 12.1 Å². The van der Waals surface area contributed by atoms with Gasteiger partial charge in [-0.25, -0.2) is 4.39 Å². The second-order valence-corrected chi connectivity index (χ2v) is 6.41. The molecular formula is C20H21FN2. The Kier molecular flexibility index (Phi) is 3.56. The zero-order chi connectivity index (χ0) is 15.8. The number of hydrogen-bond donors (Lipinski definition) is 0. The molecule has 0 unspecified atom stereocenters. The number of rotatable bonds is 2. The van der Waals surface area contributed by atoms with Gasteiger partial charge in [-0.05, 0) is 61.6 Å². The Hall–Kier alpha value is -2.29. The van der Waals surface area contributed by atoms with Gasteiger partial charge in [0, 0.05) is 17.8 Å². The summed E-state index contributed by atoms with van der Waals surface area (Å²) in [6.45, 7) is 4.06. The SMILES string of the molecule is Cc1cccc(N2CC(c3ccc(F)cc3)=C3CCCCN32)c1. The molecule has 4 rings (SSSR count). The van der Waals surface area contributed by atoms with Crippen LogP contribution in [-0.4, -0.2) is 18.1 Å². The van der Waals surface area contributed by atoms with E-state index < -0.39 is 0 Å². The lowest BCUT2D eigenvalue weighted by Gasteiger charge is -2.36. The summed E-state index contributed by atoms with van der Waals surface area (Å²) < 4.78 is 13.3. The van der Waals surface area contributed by atoms with E-state index in [0.29, 0.717) is 0 Å². The maximum atomic E-state index is 13.3. The largest absolute Gasteiger partial charge is 0.289 e. The fourth-order valence-corrected chi connectivity index (χ4v) is 3.65. The molecule has 0 aromatic heterocycles. The normalized spacial score (nSPS) is 17.7. The van der Waals surface area contributed by atoms with Crippen LogP contribution in [0.3, 0.4) is 0 Å². The summed E-state index contributed by atoms with van der Waals surface area (Å²) in [4.78, 5) is 0. The van der Waals surface area contributed by atoms with Crippen molar-refractivity contribution in [3.8, 4) is 0 Å². The first-order chi connectivity index (χ1) is 11.2. The van der Waals surface area contributed by atoms with Crippen molar-refractivity contribution in [3.63, 3.8) is 0 Å². The van der Waals surface area contributed by atoms with Gasteiger partial charge >= 0.3 is 0 Å². The van der Waals surface area contributed by atoms with E-state index in [1.165, 1.54) is 35.4 Å². The van der Waals surface area contributed by atoms with Crippen LogP contribution in [0.25, 0.3) is 5.57 Å². The van der Waals surface area contributed by atoms with Crippen molar-refractivity contribution in [2.24, 2.45) is 0 Å². The molecule has 0 radical (unpaired) electrons. The number of piperidine rings is 1. The molecule has 2 aliphatic rings. The van der Waals surface area contributed by atoms with Crippen LogP contribution in [0.4, 0.5) is 10.1 Å². The molecule has 2 aliphatic heterocycles. The second kappa shape index (κ2) is 5.73. The zero-order valence-electron chi connectivity index (χ0n) is 13.4. The van der Waals surface area contributed by atoms with E-state index in [9.17, 15) is 4.39 Å². The molecule has 1 saturated heterocycles. The summed E-state index contributed by atoms with van der Waals surface area (Å²) >= 11 is 0. The van der Waals surface area contributed by atoms with Crippen molar-refractivity contribution >= 4 is 11.3 Å². The molecule has 2 nitrogen and oxygen atoms in total. The first-order valence-corrected chi connectivity index (χ1v) is 8.32. The van der Waals surface area contributed by atoms with Crippen molar-refractivity contribution in [2.75, 3.05) is 18.1 Å². The summed E-state index contributed by atoms with van der Waals surface area (Å²) in [5.41, 5.74) is 6.40. The van der Waals surface area contributed by atoms with Gasteiger partial charge < -0.3 is 0 Å². The fourth-order valence-electron chi connectivity index (χ4n) is 3.65. The number of aryl methyl sites for hydroxylation is 1. The van der Waals surface area contributed by atoms with E-state index >= 15 is 0 Å². The zero-order valence-corrected chi connectivity index (χ0v) is 13.4. The summed E-state index contributed by atoms with van der Waals surface area (Å²) in [7, 11) is 0. The van der Waals surface area contributed by atoms with Crippen molar-refractivity contribution in [1.29, 1.82) is 0 Å². The molecule has 0 amide bonds. The number of allylic oxidation sites excluding steroid dienone is 1. The number of hydrazine groups is 1. The van der Waals surface area contributed by atoms with Crippen LogP contribution in [0.2, 0.25) is 0 Å². The predicted molar refractivity (Wildman–Crippen MR) is 92.4 cm³/mol. The highest BCUT2D eigenvalue weighted by molar-refractivity contribution is 5.76. The van der Waals surface area contributed by atoms with Gasteiger partial charge in [0.15, 0.2) is 0 Å². The maximum Gasteiger partial charge on any atom is 0.123 e. The lowest BCUT2D eigenvalue weighted by Crippen LogP contribution is -2.40. The van der Waals surface area contributed by atoms with Gasteiger partial charge in [-0.15, -0.1) is 0 Å². The van der Waals surface area contributed by atoms with E-state index in [0.717, 1.165) is 25.1 Å². The molecule has 2 aromatic carbocycles. The Morgan fingerprint density at radius 2 is 1.78 bits per heavy atom. The maximum absolute atomic E-state index is 13.3. The van der Waals surface area contributed by atoms with Gasteiger partial charge in [-0.2, -0.15) is 0 Å². The Balaban J connectivity index is 1.73. The molecule has 2 aromatic rings. The molecule has 3 heteroatoms. The highest BCUT2D eigenvalue weighted by Gasteiger charge is 2.32. The molecular weight excluding hydrogens is 287 g/mol. The molecule has 0 atom stereocenters. The van der Waals surface area contributed by atoms with Gasteiger partial charge in [0.2, 0.25) is 0 Å². The fraction of sp³-hybridized carbons (Fsp3) is 0.300. The topological polar surface area (TPSA) is 6.48 Å². The first-order valence-electron chi connectivity index (χ1n) is 8.32. The van der Waals surface area contributed by atoms with E-state index in [4.69, 9.17) is 0 Å². The minimum atomic E-state index is -0.173. The smallest absolute Gasteiger partial charge is 0.123 e. The molecule has 0 saturated carbocycles. The number of fused-ring (bicyclic) bond motifs is 1. The van der Waals surface area contributed by atoms with Crippen LogP contribution in [0.1, 0.15) is 30.4 Å². The number of hydrogen-bond acceptors (Lipinski definition) is 2. The Bertz CT molecular complexity index is 748. The third-order valence-electron chi connectivity index (χ3n) is 4.79. The average Bonchev–Trinajstić information content (AvgIpc) is 2.95. The molecule has 1 fully saturated rings. The Labute approximate surface area is 136 Å². The van der Waals surface area contributed by atoms with Gasteiger partial charge in [0.25, 0.3) is 0 Å². The standard InChI is InChI=1S/C20H21FN2/c1-15-5-4-6-18(13-15)23-14-19(16-8-10-17(21)11-9-16)20-7-2-3-12-22(20)23/h4-6,8-11,13H,2-3,7,12,14H2,1H3. The van der Waals surface area contributed by atoms with Crippen LogP contribution in [0.15, 0.2) is 54.2 Å². The molecule has 23 heavy (non-hydrogen) atoms. The highest BCUT2D eigenvalue weighted by atomic mass is 19.1. The molecule has 2 heterocycles. The quantitative estimate of drug-likeness (QED) is 0.789. The van der Waals surface area contributed by atoms with Crippen molar-refractivity contribution in [2.45, 2.75) is 26.2 Å². The molecule has 118 valence electrons. The Morgan fingerprint density at radius 1 is 0.957 bits per heavy atom. The van der Waals surface area contributed by atoms with Crippen LogP contribution in [0, 0.1) is 12.7 Å². The number of anilines is 1.